The summed E-state index contributed by atoms with van der Waals surface area (Å²) in [5.74, 6) is 0.232. The highest BCUT2D eigenvalue weighted by molar-refractivity contribution is 5.89. The van der Waals surface area contributed by atoms with E-state index < -0.39 is 11.8 Å². The van der Waals surface area contributed by atoms with Gasteiger partial charge in [0.25, 0.3) is 0 Å². The molecule has 2 aromatic rings. The number of hydrogen-bond acceptors (Lipinski definition) is 3. The number of nitrogens with one attached hydrogen (secondary N) is 1. The normalized spacial score (nSPS) is 10.2. The average Bonchev–Trinajstić information content (AvgIpc) is 2.55. The zero-order chi connectivity index (χ0) is 16.7. The van der Waals surface area contributed by atoms with Crippen LogP contribution in [0.15, 0.2) is 48.5 Å². The second kappa shape index (κ2) is 8.14. The molecular formula is C17H19FN2O3. The van der Waals surface area contributed by atoms with Crippen molar-refractivity contribution in [2.45, 2.75) is 6.54 Å². The fraction of sp³-hybridized carbons (Fsp3) is 0.235. The highest BCUT2D eigenvalue weighted by atomic mass is 19.1. The summed E-state index contributed by atoms with van der Waals surface area (Å²) in [5, 5.41) is 11.8. The van der Waals surface area contributed by atoms with Crippen LogP contribution in [0.2, 0.25) is 0 Å². The van der Waals surface area contributed by atoms with E-state index >= 15 is 0 Å². The van der Waals surface area contributed by atoms with E-state index in [9.17, 15) is 14.3 Å². The van der Waals surface area contributed by atoms with Crippen LogP contribution in [0.1, 0.15) is 5.56 Å². The smallest absolute Gasteiger partial charge is 0.322 e. The molecule has 0 unspecified atom stereocenters. The quantitative estimate of drug-likeness (QED) is 0.861. The van der Waals surface area contributed by atoms with Crippen molar-refractivity contribution in [1.29, 1.82) is 0 Å². The largest absolute Gasteiger partial charge is 0.496 e. The number of carbonyl (C=O) groups is 1. The summed E-state index contributed by atoms with van der Waals surface area (Å²) in [6.07, 6.45) is 0. The molecule has 5 nitrogen and oxygen atoms in total. The van der Waals surface area contributed by atoms with Crippen LogP contribution in [-0.4, -0.2) is 36.3 Å². The van der Waals surface area contributed by atoms with Crippen molar-refractivity contribution in [1.82, 2.24) is 4.90 Å². The molecule has 0 spiro atoms. The minimum Gasteiger partial charge on any atom is -0.496 e. The number of aliphatic hydroxyl groups is 1. The van der Waals surface area contributed by atoms with E-state index in [2.05, 4.69) is 5.32 Å². The summed E-state index contributed by atoms with van der Waals surface area (Å²) in [4.78, 5) is 13.8. The van der Waals surface area contributed by atoms with Crippen molar-refractivity contribution in [3.8, 4) is 5.75 Å². The van der Waals surface area contributed by atoms with E-state index in [1.807, 2.05) is 18.2 Å². The maximum absolute atomic E-state index is 13.2. The van der Waals surface area contributed by atoms with Crippen LogP contribution in [0.25, 0.3) is 0 Å². The molecule has 0 aliphatic carbocycles. The molecular weight excluding hydrogens is 299 g/mol. The van der Waals surface area contributed by atoms with Crippen molar-refractivity contribution in [3.05, 3.63) is 59.9 Å². The van der Waals surface area contributed by atoms with Gasteiger partial charge in [0.15, 0.2) is 0 Å². The number of amides is 2. The first-order valence-electron chi connectivity index (χ1n) is 7.18. The number of methoxy groups -OCH3 is 1. The van der Waals surface area contributed by atoms with Gasteiger partial charge in [0.1, 0.15) is 11.6 Å². The van der Waals surface area contributed by atoms with E-state index in [1.54, 1.807) is 19.2 Å². The first kappa shape index (κ1) is 16.8. The van der Waals surface area contributed by atoms with Gasteiger partial charge in [-0.1, -0.05) is 24.3 Å². The number of hydrogen-bond donors (Lipinski definition) is 2. The molecule has 0 fully saturated rings. The second-order valence-electron chi connectivity index (χ2n) is 4.90. The second-order valence-corrected chi connectivity index (χ2v) is 4.90. The summed E-state index contributed by atoms with van der Waals surface area (Å²) < 4.78 is 18.5. The molecule has 6 heteroatoms. The van der Waals surface area contributed by atoms with Gasteiger partial charge in [-0.15, -0.1) is 0 Å². The molecule has 122 valence electrons. The van der Waals surface area contributed by atoms with Gasteiger partial charge in [-0.2, -0.15) is 0 Å². The number of nitrogens with zero attached hydrogens (tertiary/aromatic N) is 1. The highest BCUT2D eigenvalue weighted by Crippen LogP contribution is 2.20. The lowest BCUT2D eigenvalue weighted by atomic mass is 10.2. The van der Waals surface area contributed by atoms with Crippen molar-refractivity contribution in [3.63, 3.8) is 0 Å². The summed E-state index contributed by atoms with van der Waals surface area (Å²) in [5.41, 5.74) is 1.18. The third kappa shape index (κ3) is 4.69. The topological polar surface area (TPSA) is 61.8 Å². The summed E-state index contributed by atoms with van der Waals surface area (Å²) in [6, 6.07) is 12.6. The van der Waals surface area contributed by atoms with Crippen molar-refractivity contribution >= 4 is 11.7 Å². The Labute approximate surface area is 134 Å². The number of para-hydroxylation sites is 1. The zero-order valence-corrected chi connectivity index (χ0v) is 12.8. The fourth-order valence-electron chi connectivity index (χ4n) is 2.18. The van der Waals surface area contributed by atoms with E-state index in [1.165, 1.54) is 23.1 Å². The fourth-order valence-corrected chi connectivity index (χ4v) is 2.18. The van der Waals surface area contributed by atoms with Crippen LogP contribution >= 0.6 is 0 Å². The monoisotopic (exact) mass is 318 g/mol. The predicted molar refractivity (Wildman–Crippen MR) is 85.9 cm³/mol. The predicted octanol–water partition coefficient (Wildman–Crippen LogP) is 2.86. The number of urea groups is 1. The average molecular weight is 318 g/mol. The number of rotatable bonds is 6. The van der Waals surface area contributed by atoms with Crippen LogP contribution in [0.4, 0.5) is 14.9 Å². The number of carbonyl (C=O) groups excluding carboxylic acids is 1. The third-order valence-corrected chi connectivity index (χ3v) is 3.29. The van der Waals surface area contributed by atoms with Crippen LogP contribution in [-0.2, 0) is 6.54 Å². The van der Waals surface area contributed by atoms with E-state index in [0.29, 0.717) is 11.4 Å². The lowest BCUT2D eigenvalue weighted by Gasteiger charge is -2.23. The molecule has 2 N–H and O–H groups in total. The van der Waals surface area contributed by atoms with E-state index in [-0.39, 0.29) is 19.7 Å². The standard InChI is InChI=1S/C17H19FN2O3/c1-23-16-8-3-2-5-13(16)12-20(9-10-21)17(22)19-15-7-4-6-14(18)11-15/h2-8,11,21H,9-10,12H2,1H3,(H,19,22). The Hall–Kier alpha value is -2.60. The zero-order valence-electron chi connectivity index (χ0n) is 12.8. The van der Waals surface area contributed by atoms with Gasteiger partial charge < -0.3 is 20.1 Å². The number of halogens is 1. The Balaban J connectivity index is 2.12. The maximum Gasteiger partial charge on any atom is 0.322 e. The minimum absolute atomic E-state index is 0.152. The van der Waals surface area contributed by atoms with Crippen LogP contribution in [0, 0.1) is 5.82 Å². The number of anilines is 1. The first-order valence-corrected chi connectivity index (χ1v) is 7.18. The van der Waals surface area contributed by atoms with Gasteiger partial charge in [0.2, 0.25) is 0 Å². The lowest BCUT2D eigenvalue weighted by molar-refractivity contribution is 0.184. The first-order chi connectivity index (χ1) is 11.1. The third-order valence-electron chi connectivity index (χ3n) is 3.29. The Kier molecular flexibility index (Phi) is 5.94. The minimum atomic E-state index is -0.429. The Morgan fingerprint density at radius 1 is 1.26 bits per heavy atom. The van der Waals surface area contributed by atoms with E-state index in [0.717, 1.165) is 5.56 Å². The lowest BCUT2D eigenvalue weighted by Crippen LogP contribution is -2.36. The Morgan fingerprint density at radius 3 is 2.74 bits per heavy atom. The van der Waals surface area contributed by atoms with Crippen LogP contribution in [0.5, 0.6) is 5.75 Å². The Bertz CT molecular complexity index is 664. The molecule has 0 heterocycles. The maximum atomic E-state index is 13.2. The van der Waals surface area contributed by atoms with Crippen LogP contribution < -0.4 is 10.1 Å². The van der Waals surface area contributed by atoms with Gasteiger partial charge in [-0.3, -0.25) is 0 Å². The Morgan fingerprint density at radius 2 is 2.04 bits per heavy atom. The molecule has 0 aromatic heterocycles. The summed E-state index contributed by atoms with van der Waals surface area (Å²) >= 11 is 0. The van der Waals surface area contributed by atoms with Gasteiger partial charge in [-0.25, -0.2) is 9.18 Å². The molecule has 0 radical (unpaired) electrons. The van der Waals surface area contributed by atoms with Gasteiger partial charge in [0.05, 0.1) is 20.3 Å². The van der Waals surface area contributed by atoms with Crippen molar-refractivity contribution < 1.29 is 19.0 Å². The molecule has 0 atom stereocenters. The van der Waals surface area contributed by atoms with Gasteiger partial charge in [0, 0.05) is 17.8 Å². The van der Waals surface area contributed by atoms with Gasteiger partial charge in [-0.05, 0) is 24.3 Å². The molecule has 23 heavy (non-hydrogen) atoms. The molecule has 0 saturated heterocycles. The number of ether oxygens (including phenoxy) is 1. The molecule has 2 aromatic carbocycles. The van der Waals surface area contributed by atoms with Crippen molar-refractivity contribution in [2.75, 3.05) is 25.6 Å². The van der Waals surface area contributed by atoms with E-state index in [4.69, 9.17) is 4.74 Å². The van der Waals surface area contributed by atoms with Crippen molar-refractivity contribution in [2.24, 2.45) is 0 Å². The SMILES string of the molecule is COc1ccccc1CN(CCO)C(=O)Nc1cccc(F)c1. The highest BCUT2D eigenvalue weighted by Gasteiger charge is 2.16. The molecule has 2 amide bonds. The molecule has 2 rings (SSSR count). The van der Waals surface area contributed by atoms with Gasteiger partial charge >= 0.3 is 6.03 Å². The molecule has 0 saturated carbocycles. The molecule has 0 aliphatic rings. The summed E-state index contributed by atoms with van der Waals surface area (Å²) in [6.45, 7) is 0.247. The number of benzene rings is 2. The summed E-state index contributed by atoms with van der Waals surface area (Å²) in [7, 11) is 1.56. The number of aliphatic hydroxyl groups excluding tert-OH is 1. The molecule has 0 bridgehead atoms. The van der Waals surface area contributed by atoms with Crippen LogP contribution in [0.3, 0.4) is 0 Å². The molecule has 0 aliphatic heterocycles.